The Morgan fingerprint density at radius 1 is 1.32 bits per heavy atom. The fourth-order valence-electron chi connectivity index (χ4n) is 1.43. The second kappa shape index (κ2) is 8.58. The predicted molar refractivity (Wildman–Crippen MR) is 78.6 cm³/mol. The van der Waals surface area contributed by atoms with Gasteiger partial charge in [0.2, 0.25) is 5.88 Å². The molecule has 0 aliphatic heterocycles. The summed E-state index contributed by atoms with van der Waals surface area (Å²) in [4.78, 5) is 4.33. The molecule has 1 aromatic rings. The number of nitrogens with zero attached hydrogens (tertiary/aromatic N) is 1. The molecule has 3 N–H and O–H groups in total. The van der Waals surface area contributed by atoms with E-state index in [-0.39, 0.29) is 0 Å². The van der Waals surface area contributed by atoms with Crippen LogP contribution in [0.15, 0.2) is 12.1 Å². The van der Waals surface area contributed by atoms with Crippen LogP contribution in [0.2, 0.25) is 0 Å². The summed E-state index contributed by atoms with van der Waals surface area (Å²) < 4.78 is 11.0. The molecule has 0 saturated heterocycles. The fourth-order valence-corrected chi connectivity index (χ4v) is 1.43. The maximum absolute atomic E-state index is 5.80. The Morgan fingerprint density at radius 2 is 2.11 bits per heavy atom. The van der Waals surface area contributed by atoms with Crippen molar-refractivity contribution < 1.29 is 9.47 Å². The molecule has 5 nitrogen and oxygen atoms in total. The van der Waals surface area contributed by atoms with Crippen LogP contribution in [-0.4, -0.2) is 31.3 Å². The minimum atomic E-state index is 0.495. The summed E-state index contributed by atoms with van der Waals surface area (Å²) in [5.74, 6) is 1.81. The van der Waals surface area contributed by atoms with E-state index >= 15 is 0 Å². The molecular formula is C14H25N3O2. The first kappa shape index (κ1) is 15.6. The molecule has 0 atom stereocenters. The summed E-state index contributed by atoms with van der Waals surface area (Å²) in [6, 6.07) is 3.64. The summed E-state index contributed by atoms with van der Waals surface area (Å²) in [6.45, 7) is 9.09. The Kier molecular flexibility index (Phi) is 7.03. The second-order valence-corrected chi connectivity index (χ2v) is 4.83. The Morgan fingerprint density at radius 3 is 2.79 bits per heavy atom. The molecule has 108 valence electrons. The van der Waals surface area contributed by atoms with Crippen LogP contribution >= 0.6 is 0 Å². The van der Waals surface area contributed by atoms with Gasteiger partial charge in [-0.2, -0.15) is 4.98 Å². The number of rotatable bonds is 9. The SMILES string of the molecule is CCCOc1nc(NCCOCC(C)C)ccc1N. The molecule has 0 aromatic carbocycles. The number of nitrogen functional groups attached to an aromatic ring is 1. The summed E-state index contributed by atoms with van der Waals surface area (Å²) in [7, 11) is 0. The lowest BCUT2D eigenvalue weighted by Crippen LogP contribution is -2.13. The number of nitrogens with two attached hydrogens (primary N) is 1. The molecule has 1 heterocycles. The smallest absolute Gasteiger partial charge is 0.239 e. The molecule has 0 unspecified atom stereocenters. The number of hydrogen-bond acceptors (Lipinski definition) is 5. The molecule has 0 fully saturated rings. The van der Waals surface area contributed by atoms with Crippen LogP contribution in [0, 0.1) is 5.92 Å². The quantitative estimate of drug-likeness (QED) is 0.673. The number of aromatic nitrogens is 1. The molecule has 0 radical (unpaired) electrons. The zero-order chi connectivity index (χ0) is 14.1. The summed E-state index contributed by atoms with van der Waals surface area (Å²) in [5.41, 5.74) is 6.36. The third kappa shape index (κ3) is 6.29. The first-order chi connectivity index (χ1) is 9.13. The van der Waals surface area contributed by atoms with Crippen molar-refractivity contribution in [2.75, 3.05) is 37.4 Å². The highest BCUT2D eigenvalue weighted by Gasteiger charge is 2.03. The maximum atomic E-state index is 5.80. The van der Waals surface area contributed by atoms with Gasteiger partial charge in [0.05, 0.1) is 18.9 Å². The second-order valence-electron chi connectivity index (χ2n) is 4.83. The van der Waals surface area contributed by atoms with Crippen molar-refractivity contribution >= 4 is 11.5 Å². The number of anilines is 2. The van der Waals surface area contributed by atoms with E-state index in [9.17, 15) is 0 Å². The van der Waals surface area contributed by atoms with Crippen LogP contribution in [0.5, 0.6) is 5.88 Å². The average molecular weight is 267 g/mol. The van der Waals surface area contributed by atoms with Crippen molar-refractivity contribution in [3.63, 3.8) is 0 Å². The standard InChI is InChI=1S/C14H25N3O2/c1-4-8-19-14-12(15)5-6-13(17-14)16-7-9-18-10-11(2)3/h5-6,11H,4,7-10,15H2,1-3H3,(H,16,17). The summed E-state index contributed by atoms with van der Waals surface area (Å²) in [6.07, 6.45) is 0.932. The van der Waals surface area contributed by atoms with E-state index in [0.717, 1.165) is 25.4 Å². The van der Waals surface area contributed by atoms with Crippen molar-refractivity contribution in [2.45, 2.75) is 27.2 Å². The molecule has 0 saturated carbocycles. The van der Waals surface area contributed by atoms with Gasteiger partial charge < -0.3 is 20.5 Å². The molecule has 5 heteroatoms. The monoisotopic (exact) mass is 267 g/mol. The highest BCUT2D eigenvalue weighted by Crippen LogP contribution is 2.20. The van der Waals surface area contributed by atoms with Gasteiger partial charge in [-0.3, -0.25) is 0 Å². The van der Waals surface area contributed by atoms with Gasteiger partial charge in [0.25, 0.3) is 0 Å². The Hall–Kier alpha value is -1.49. The van der Waals surface area contributed by atoms with Crippen LogP contribution in [0.1, 0.15) is 27.2 Å². The van der Waals surface area contributed by atoms with Crippen LogP contribution in [0.4, 0.5) is 11.5 Å². The molecule has 19 heavy (non-hydrogen) atoms. The van der Waals surface area contributed by atoms with E-state index in [1.807, 2.05) is 13.0 Å². The lowest BCUT2D eigenvalue weighted by atomic mass is 10.2. The molecule has 0 amide bonds. The van der Waals surface area contributed by atoms with E-state index in [1.54, 1.807) is 6.07 Å². The van der Waals surface area contributed by atoms with Gasteiger partial charge >= 0.3 is 0 Å². The summed E-state index contributed by atoms with van der Waals surface area (Å²) in [5, 5.41) is 3.19. The lowest BCUT2D eigenvalue weighted by molar-refractivity contribution is 0.118. The van der Waals surface area contributed by atoms with Crippen LogP contribution in [0.25, 0.3) is 0 Å². The molecule has 0 bridgehead atoms. The molecular weight excluding hydrogens is 242 g/mol. The van der Waals surface area contributed by atoms with Gasteiger partial charge in [0, 0.05) is 13.2 Å². The van der Waals surface area contributed by atoms with E-state index < -0.39 is 0 Å². The van der Waals surface area contributed by atoms with Crippen molar-refractivity contribution in [3.8, 4) is 5.88 Å². The van der Waals surface area contributed by atoms with Gasteiger partial charge in [0.1, 0.15) is 5.82 Å². The number of nitrogens with one attached hydrogen (secondary N) is 1. The third-order valence-electron chi connectivity index (χ3n) is 2.34. The molecule has 0 spiro atoms. The maximum Gasteiger partial charge on any atom is 0.239 e. The van der Waals surface area contributed by atoms with E-state index in [4.69, 9.17) is 15.2 Å². The molecule has 1 aromatic heterocycles. The molecule has 0 aliphatic rings. The Labute approximate surface area is 115 Å². The van der Waals surface area contributed by atoms with Gasteiger partial charge in [-0.15, -0.1) is 0 Å². The summed E-state index contributed by atoms with van der Waals surface area (Å²) >= 11 is 0. The normalized spacial score (nSPS) is 10.7. The topological polar surface area (TPSA) is 69.4 Å². The van der Waals surface area contributed by atoms with Gasteiger partial charge in [-0.25, -0.2) is 0 Å². The first-order valence-corrected chi connectivity index (χ1v) is 6.84. The Bertz CT molecular complexity index is 370. The zero-order valence-electron chi connectivity index (χ0n) is 12.1. The minimum absolute atomic E-state index is 0.495. The number of pyridine rings is 1. The van der Waals surface area contributed by atoms with Crippen molar-refractivity contribution in [3.05, 3.63) is 12.1 Å². The third-order valence-corrected chi connectivity index (χ3v) is 2.34. The van der Waals surface area contributed by atoms with E-state index in [1.165, 1.54) is 0 Å². The van der Waals surface area contributed by atoms with E-state index in [0.29, 0.717) is 30.7 Å². The van der Waals surface area contributed by atoms with Gasteiger partial charge in [-0.1, -0.05) is 20.8 Å². The van der Waals surface area contributed by atoms with Crippen molar-refractivity contribution in [2.24, 2.45) is 5.92 Å². The molecule has 0 aliphatic carbocycles. The largest absolute Gasteiger partial charge is 0.476 e. The molecule has 1 rings (SSSR count). The lowest BCUT2D eigenvalue weighted by Gasteiger charge is -2.11. The van der Waals surface area contributed by atoms with E-state index in [2.05, 4.69) is 24.1 Å². The van der Waals surface area contributed by atoms with Crippen molar-refractivity contribution in [1.82, 2.24) is 4.98 Å². The number of hydrogen-bond donors (Lipinski definition) is 2. The van der Waals surface area contributed by atoms with Crippen molar-refractivity contribution in [1.29, 1.82) is 0 Å². The fraction of sp³-hybridized carbons (Fsp3) is 0.643. The average Bonchev–Trinajstić information content (AvgIpc) is 2.38. The van der Waals surface area contributed by atoms with Gasteiger partial charge in [-0.05, 0) is 24.5 Å². The van der Waals surface area contributed by atoms with Crippen LogP contribution in [0.3, 0.4) is 0 Å². The van der Waals surface area contributed by atoms with Crippen LogP contribution in [-0.2, 0) is 4.74 Å². The predicted octanol–water partition coefficient (Wildman–Crippen LogP) is 2.54. The van der Waals surface area contributed by atoms with Gasteiger partial charge in [0.15, 0.2) is 0 Å². The highest BCUT2D eigenvalue weighted by atomic mass is 16.5. The first-order valence-electron chi connectivity index (χ1n) is 6.84. The Balaban J connectivity index is 2.37. The number of ether oxygens (including phenoxy) is 2. The van der Waals surface area contributed by atoms with Crippen LogP contribution < -0.4 is 15.8 Å². The minimum Gasteiger partial charge on any atom is -0.476 e. The zero-order valence-corrected chi connectivity index (χ0v) is 12.1. The highest BCUT2D eigenvalue weighted by molar-refractivity contribution is 5.53.